The van der Waals surface area contributed by atoms with Crippen LogP contribution in [0.5, 0.6) is 0 Å². The highest BCUT2D eigenvalue weighted by Crippen LogP contribution is 2.41. The largest absolute Gasteiger partial charge is 0.393 e. The van der Waals surface area contributed by atoms with Crippen LogP contribution in [0.25, 0.3) is 0 Å². The summed E-state index contributed by atoms with van der Waals surface area (Å²) in [7, 11) is 0. The van der Waals surface area contributed by atoms with Crippen molar-refractivity contribution >= 4 is 0 Å². The van der Waals surface area contributed by atoms with E-state index < -0.39 is 5.60 Å². The topological polar surface area (TPSA) is 40.5 Å². The fraction of sp³-hybridized carbons (Fsp3) is 0.400. The first-order chi connectivity index (χ1) is 19.6. The Hall–Kier alpha value is -3.20. The predicted octanol–water partition coefficient (Wildman–Crippen LogP) is 10.5. The third kappa shape index (κ3) is 11.2. The third-order valence-corrected chi connectivity index (χ3v) is 8.30. The van der Waals surface area contributed by atoms with Gasteiger partial charge in [-0.05, 0) is 102 Å². The van der Waals surface area contributed by atoms with Crippen LogP contribution >= 0.6 is 0 Å². The molecule has 2 heteroatoms. The molecular weight excluding hydrogens is 512 g/mol. The predicted molar refractivity (Wildman–Crippen MR) is 184 cm³/mol. The standard InChI is InChI=1S/C40H54O2/c1-29(17-13-19-31(3)21-23-36-25-26-40(10,42)35(7)34(36)6)15-11-12-16-30(2)18-14-20-32(4)22-24-38-33(5)27-37(41)28-39(38,8)9/h11-25,37,41-42H,26-28H2,1-10H3/b12-11+,17-13+,18-14+,23-21+,24-22+,29-15+,30-16+,31-19+,32-20+. The highest BCUT2D eigenvalue weighted by atomic mass is 16.3. The van der Waals surface area contributed by atoms with Crippen LogP contribution in [0.4, 0.5) is 0 Å². The monoisotopic (exact) mass is 566 g/mol. The average Bonchev–Trinajstić information content (AvgIpc) is 2.88. The minimum atomic E-state index is -0.732. The van der Waals surface area contributed by atoms with Gasteiger partial charge in [0.1, 0.15) is 0 Å². The SMILES string of the molecule is CC1=C(/C=C/C(C)=C/C=C/C(C)=C/C=C/C=C(C)/C=C/C=C(C)/C=C/C2=CCC(C)(O)C(C)=C2C)C(C)(C)CC(O)C1. The van der Waals surface area contributed by atoms with Crippen LogP contribution in [0.1, 0.15) is 88.5 Å². The van der Waals surface area contributed by atoms with Crippen LogP contribution in [-0.4, -0.2) is 21.9 Å². The maximum absolute atomic E-state index is 10.4. The summed E-state index contributed by atoms with van der Waals surface area (Å²) in [5.41, 5.74) is 10.0. The Bertz CT molecular complexity index is 1350. The molecule has 42 heavy (non-hydrogen) atoms. The van der Waals surface area contributed by atoms with Gasteiger partial charge in [0, 0.05) is 0 Å². The van der Waals surface area contributed by atoms with Gasteiger partial charge in [0.05, 0.1) is 11.7 Å². The van der Waals surface area contributed by atoms with Crippen LogP contribution in [0.15, 0.2) is 141 Å². The molecule has 0 amide bonds. The summed E-state index contributed by atoms with van der Waals surface area (Å²) in [6, 6.07) is 0. The van der Waals surface area contributed by atoms with Crippen molar-refractivity contribution in [3.63, 3.8) is 0 Å². The summed E-state index contributed by atoms with van der Waals surface area (Å²) in [6.07, 6.45) is 33.8. The third-order valence-electron chi connectivity index (χ3n) is 8.30. The number of allylic oxidation sites excluding steroid dienone is 21. The van der Waals surface area contributed by atoms with E-state index in [4.69, 9.17) is 0 Å². The van der Waals surface area contributed by atoms with Gasteiger partial charge in [-0.15, -0.1) is 0 Å². The second kappa shape index (κ2) is 15.9. The molecule has 0 spiro atoms. The molecule has 0 fully saturated rings. The van der Waals surface area contributed by atoms with E-state index in [-0.39, 0.29) is 11.5 Å². The molecule has 2 atom stereocenters. The van der Waals surface area contributed by atoms with Crippen LogP contribution in [0, 0.1) is 5.41 Å². The van der Waals surface area contributed by atoms with Crippen molar-refractivity contribution in [1.82, 2.24) is 0 Å². The minimum Gasteiger partial charge on any atom is -0.393 e. The Labute approximate surface area is 256 Å². The van der Waals surface area contributed by atoms with E-state index in [1.54, 1.807) is 0 Å². The van der Waals surface area contributed by atoms with Gasteiger partial charge >= 0.3 is 0 Å². The molecule has 2 aliphatic rings. The van der Waals surface area contributed by atoms with Crippen molar-refractivity contribution in [3.8, 4) is 0 Å². The van der Waals surface area contributed by atoms with Crippen molar-refractivity contribution in [2.45, 2.75) is 100 Å². The second-order valence-electron chi connectivity index (χ2n) is 12.9. The number of rotatable bonds is 10. The average molecular weight is 567 g/mol. The normalized spacial score (nSPS) is 25.4. The molecule has 0 heterocycles. The van der Waals surface area contributed by atoms with E-state index in [9.17, 15) is 10.2 Å². The van der Waals surface area contributed by atoms with Crippen molar-refractivity contribution in [2.24, 2.45) is 5.41 Å². The van der Waals surface area contributed by atoms with Crippen LogP contribution in [0.3, 0.4) is 0 Å². The molecule has 0 aromatic heterocycles. The summed E-state index contributed by atoms with van der Waals surface area (Å²) >= 11 is 0. The molecule has 0 aliphatic heterocycles. The Morgan fingerprint density at radius 1 is 0.738 bits per heavy atom. The molecule has 2 N–H and O–H groups in total. The molecule has 226 valence electrons. The lowest BCUT2D eigenvalue weighted by atomic mass is 9.71. The van der Waals surface area contributed by atoms with Crippen molar-refractivity contribution < 1.29 is 10.2 Å². The summed E-state index contributed by atoms with van der Waals surface area (Å²) < 4.78 is 0. The summed E-state index contributed by atoms with van der Waals surface area (Å²) in [4.78, 5) is 0. The quantitative estimate of drug-likeness (QED) is 0.258. The highest BCUT2D eigenvalue weighted by molar-refractivity contribution is 5.48. The first kappa shape index (κ1) is 35.0. The number of aliphatic hydroxyl groups is 2. The van der Waals surface area contributed by atoms with E-state index in [1.807, 2.05) is 13.8 Å². The maximum atomic E-state index is 10.4. The Balaban J connectivity index is 1.89. The van der Waals surface area contributed by atoms with Gasteiger partial charge in [-0.25, -0.2) is 0 Å². The first-order valence-electron chi connectivity index (χ1n) is 15.2. The van der Waals surface area contributed by atoms with Crippen molar-refractivity contribution in [3.05, 3.63) is 141 Å². The lowest BCUT2D eigenvalue weighted by molar-refractivity contribution is 0.0992. The van der Waals surface area contributed by atoms with E-state index in [0.717, 1.165) is 24.0 Å². The lowest BCUT2D eigenvalue weighted by Gasteiger charge is -2.35. The van der Waals surface area contributed by atoms with E-state index in [2.05, 4.69) is 147 Å². The Kier molecular flexibility index (Phi) is 13.2. The highest BCUT2D eigenvalue weighted by Gasteiger charge is 2.31. The van der Waals surface area contributed by atoms with Gasteiger partial charge in [0.15, 0.2) is 0 Å². The van der Waals surface area contributed by atoms with Crippen molar-refractivity contribution in [2.75, 3.05) is 0 Å². The molecule has 0 aromatic rings. The molecule has 2 rings (SSSR count). The van der Waals surface area contributed by atoms with Gasteiger partial charge in [-0.3, -0.25) is 0 Å². The molecule has 0 saturated carbocycles. The summed E-state index contributed by atoms with van der Waals surface area (Å²) in [6.45, 7) is 21.0. The van der Waals surface area contributed by atoms with Crippen molar-refractivity contribution in [1.29, 1.82) is 0 Å². The molecule has 0 radical (unpaired) electrons. The number of hydrogen-bond donors (Lipinski definition) is 2. The zero-order valence-corrected chi connectivity index (χ0v) is 27.8. The molecule has 0 saturated heterocycles. The van der Waals surface area contributed by atoms with E-state index in [0.29, 0.717) is 6.42 Å². The van der Waals surface area contributed by atoms with Gasteiger partial charge in [-0.1, -0.05) is 133 Å². The van der Waals surface area contributed by atoms with Crippen LogP contribution in [0.2, 0.25) is 0 Å². The Morgan fingerprint density at radius 3 is 1.74 bits per heavy atom. The van der Waals surface area contributed by atoms with E-state index in [1.165, 1.54) is 39.0 Å². The van der Waals surface area contributed by atoms with Crippen LogP contribution in [-0.2, 0) is 0 Å². The second-order valence-corrected chi connectivity index (χ2v) is 12.9. The summed E-state index contributed by atoms with van der Waals surface area (Å²) in [5.74, 6) is 0. The number of hydrogen-bond acceptors (Lipinski definition) is 2. The molecule has 2 nitrogen and oxygen atoms in total. The molecular formula is C40H54O2. The number of aliphatic hydroxyl groups excluding tert-OH is 1. The molecule has 2 unspecified atom stereocenters. The van der Waals surface area contributed by atoms with Gasteiger partial charge in [-0.2, -0.15) is 0 Å². The first-order valence-corrected chi connectivity index (χ1v) is 15.2. The lowest BCUT2D eigenvalue weighted by Crippen LogP contribution is -2.28. The van der Waals surface area contributed by atoms with Crippen LogP contribution < -0.4 is 0 Å². The molecule has 2 aliphatic carbocycles. The molecule has 0 aromatic carbocycles. The smallest absolute Gasteiger partial charge is 0.0866 e. The molecule has 0 bridgehead atoms. The van der Waals surface area contributed by atoms with Gasteiger partial charge in [0.25, 0.3) is 0 Å². The fourth-order valence-corrected chi connectivity index (χ4v) is 5.38. The van der Waals surface area contributed by atoms with Gasteiger partial charge in [0.2, 0.25) is 0 Å². The zero-order chi connectivity index (χ0) is 31.5. The Morgan fingerprint density at radius 2 is 1.21 bits per heavy atom. The van der Waals surface area contributed by atoms with E-state index >= 15 is 0 Å². The van der Waals surface area contributed by atoms with Gasteiger partial charge < -0.3 is 10.2 Å². The fourth-order valence-electron chi connectivity index (χ4n) is 5.38. The minimum absolute atomic E-state index is 0.00408. The zero-order valence-electron chi connectivity index (χ0n) is 27.8. The summed E-state index contributed by atoms with van der Waals surface area (Å²) in [5, 5.41) is 20.5. The maximum Gasteiger partial charge on any atom is 0.0866 e.